The van der Waals surface area contributed by atoms with Gasteiger partial charge < -0.3 is 19.5 Å². The molecule has 0 saturated carbocycles. The van der Waals surface area contributed by atoms with E-state index >= 15 is 0 Å². The molecular weight excluding hydrogens is 347 g/mol. The van der Waals surface area contributed by atoms with Crippen molar-refractivity contribution in [3.63, 3.8) is 0 Å². The van der Waals surface area contributed by atoms with Crippen molar-refractivity contribution in [2.75, 3.05) is 46.0 Å². The highest BCUT2D eigenvalue weighted by atomic mass is 19.1. The first-order chi connectivity index (χ1) is 13.2. The van der Waals surface area contributed by atoms with Crippen LogP contribution in [0.25, 0.3) is 0 Å². The first-order valence-corrected chi connectivity index (χ1v) is 10.3. The molecule has 1 N–H and O–H groups in total. The highest BCUT2D eigenvalue weighted by Crippen LogP contribution is 2.38. The monoisotopic (exact) mass is 376 g/mol. The standard InChI is InChI=1S/C21H29FN2O3/c22-16-1-2-20(27-18-5-8-25-12-18)19(9-16)15-3-6-24(7-4-15)17-10-21(26-11-17)13-23-14-21/h1-2,9,15,17-18,23H,3-8,10-14H2/t17-,18+/m0/s1. The number of benzene rings is 1. The van der Waals surface area contributed by atoms with Gasteiger partial charge in [-0.2, -0.15) is 0 Å². The van der Waals surface area contributed by atoms with E-state index in [0.29, 0.717) is 18.6 Å². The molecular formula is C21H29FN2O3. The summed E-state index contributed by atoms with van der Waals surface area (Å²) in [7, 11) is 0. The SMILES string of the molecule is Fc1ccc(O[C@@H]2CCOC2)c(C2CCN([C@@H]3COC4(CNC4)C3)CC2)c1. The van der Waals surface area contributed by atoms with Crippen LogP contribution in [0.1, 0.15) is 37.2 Å². The lowest BCUT2D eigenvalue weighted by molar-refractivity contribution is -0.0367. The van der Waals surface area contributed by atoms with E-state index in [1.165, 1.54) is 6.07 Å². The maximum absolute atomic E-state index is 14.0. The Morgan fingerprint density at radius 1 is 1.15 bits per heavy atom. The lowest BCUT2D eigenvalue weighted by atomic mass is 9.86. The summed E-state index contributed by atoms with van der Waals surface area (Å²) < 4.78 is 31.6. The first-order valence-electron chi connectivity index (χ1n) is 10.3. The molecule has 2 atom stereocenters. The zero-order chi connectivity index (χ0) is 18.3. The molecule has 4 aliphatic rings. The van der Waals surface area contributed by atoms with Crippen LogP contribution in [0.4, 0.5) is 4.39 Å². The van der Waals surface area contributed by atoms with Crippen LogP contribution in [-0.2, 0) is 9.47 Å². The van der Waals surface area contributed by atoms with Crippen LogP contribution in [0, 0.1) is 5.82 Å². The fourth-order valence-electron chi connectivity index (χ4n) is 5.01. The van der Waals surface area contributed by atoms with Gasteiger partial charge in [-0.25, -0.2) is 4.39 Å². The number of ether oxygens (including phenoxy) is 3. The molecule has 5 nitrogen and oxygen atoms in total. The van der Waals surface area contributed by atoms with Crippen molar-refractivity contribution in [3.05, 3.63) is 29.6 Å². The highest BCUT2D eigenvalue weighted by Gasteiger charge is 2.47. The van der Waals surface area contributed by atoms with E-state index in [9.17, 15) is 4.39 Å². The molecule has 148 valence electrons. The number of hydrogen-bond acceptors (Lipinski definition) is 5. The molecule has 0 aromatic heterocycles. The van der Waals surface area contributed by atoms with Crippen LogP contribution in [0.5, 0.6) is 5.75 Å². The van der Waals surface area contributed by atoms with Gasteiger partial charge in [-0.3, -0.25) is 4.90 Å². The van der Waals surface area contributed by atoms with Gasteiger partial charge in [-0.05, 0) is 56.5 Å². The molecule has 0 amide bonds. The van der Waals surface area contributed by atoms with Crippen molar-refractivity contribution in [1.29, 1.82) is 0 Å². The van der Waals surface area contributed by atoms with Gasteiger partial charge in [-0.15, -0.1) is 0 Å². The Bertz CT molecular complexity index is 667. The number of halogens is 1. The van der Waals surface area contributed by atoms with Crippen molar-refractivity contribution >= 4 is 0 Å². The Kier molecular flexibility index (Phi) is 4.84. The Hall–Kier alpha value is -1.21. The minimum absolute atomic E-state index is 0.0946. The molecule has 27 heavy (non-hydrogen) atoms. The molecule has 6 heteroatoms. The molecule has 0 unspecified atom stereocenters. The van der Waals surface area contributed by atoms with E-state index in [4.69, 9.17) is 14.2 Å². The average molecular weight is 376 g/mol. The molecule has 4 saturated heterocycles. The third kappa shape index (κ3) is 3.60. The van der Waals surface area contributed by atoms with Crippen molar-refractivity contribution in [2.24, 2.45) is 0 Å². The fourth-order valence-corrected chi connectivity index (χ4v) is 5.01. The summed E-state index contributed by atoms with van der Waals surface area (Å²) in [4.78, 5) is 2.58. The number of rotatable bonds is 4. The van der Waals surface area contributed by atoms with Crippen molar-refractivity contribution in [1.82, 2.24) is 10.2 Å². The summed E-state index contributed by atoms with van der Waals surface area (Å²) in [6.45, 7) is 6.31. The zero-order valence-corrected chi connectivity index (χ0v) is 15.8. The molecule has 4 aliphatic heterocycles. The van der Waals surface area contributed by atoms with Crippen LogP contribution >= 0.6 is 0 Å². The quantitative estimate of drug-likeness (QED) is 0.874. The van der Waals surface area contributed by atoms with E-state index < -0.39 is 0 Å². The predicted molar refractivity (Wildman–Crippen MR) is 99.8 cm³/mol. The van der Waals surface area contributed by atoms with Crippen LogP contribution in [0.3, 0.4) is 0 Å². The third-order valence-electron chi connectivity index (χ3n) is 6.72. The summed E-state index contributed by atoms with van der Waals surface area (Å²) in [6.07, 6.45) is 4.23. The predicted octanol–water partition coefficient (Wildman–Crippen LogP) is 2.30. The van der Waals surface area contributed by atoms with Crippen molar-refractivity contribution in [2.45, 2.75) is 49.3 Å². The highest BCUT2D eigenvalue weighted by molar-refractivity contribution is 5.37. The third-order valence-corrected chi connectivity index (χ3v) is 6.72. The molecule has 5 rings (SSSR count). The summed E-state index contributed by atoms with van der Waals surface area (Å²) in [6, 6.07) is 5.52. The Balaban J connectivity index is 1.23. The molecule has 4 heterocycles. The van der Waals surface area contributed by atoms with Gasteiger partial charge in [-0.1, -0.05) is 0 Å². The summed E-state index contributed by atoms with van der Waals surface area (Å²) >= 11 is 0. The van der Waals surface area contributed by atoms with Crippen molar-refractivity contribution in [3.8, 4) is 5.75 Å². The minimum atomic E-state index is -0.175. The number of nitrogens with one attached hydrogen (secondary N) is 1. The van der Waals surface area contributed by atoms with E-state index in [2.05, 4.69) is 10.2 Å². The van der Waals surface area contributed by atoms with Gasteiger partial charge in [0.15, 0.2) is 0 Å². The molecule has 0 aliphatic carbocycles. The van der Waals surface area contributed by atoms with Gasteiger partial charge in [0.1, 0.15) is 17.7 Å². The van der Waals surface area contributed by atoms with Gasteiger partial charge >= 0.3 is 0 Å². The van der Waals surface area contributed by atoms with E-state index in [0.717, 1.165) is 76.4 Å². The summed E-state index contributed by atoms with van der Waals surface area (Å²) in [5.74, 6) is 1.02. The van der Waals surface area contributed by atoms with Crippen LogP contribution in [0.2, 0.25) is 0 Å². The maximum Gasteiger partial charge on any atom is 0.124 e. The normalized spacial score (nSPS) is 31.3. The van der Waals surface area contributed by atoms with Crippen LogP contribution < -0.4 is 10.1 Å². The lowest BCUT2D eigenvalue weighted by Crippen LogP contribution is -2.59. The lowest BCUT2D eigenvalue weighted by Gasteiger charge is -2.40. The summed E-state index contributed by atoms with van der Waals surface area (Å²) in [5.41, 5.74) is 1.14. The molecule has 4 fully saturated rings. The molecule has 1 aromatic rings. The van der Waals surface area contributed by atoms with Gasteiger partial charge in [0.05, 0.1) is 25.4 Å². The van der Waals surface area contributed by atoms with Gasteiger partial charge in [0.25, 0.3) is 0 Å². The average Bonchev–Trinajstić information content (AvgIpc) is 3.33. The van der Waals surface area contributed by atoms with Gasteiger partial charge in [0.2, 0.25) is 0 Å². The smallest absolute Gasteiger partial charge is 0.124 e. The molecule has 1 aromatic carbocycles. The number of hydrogen-bond donors (Lipinski definition) is 1. The Morgan fingerprint density at radius 3 is 2.67 bits per heavy atom. The zero-order valence-electron chi connectivity index (χ0n) is 15.8. The Labute approximate surface area is 160 Å². The molecule has 0 radical (unpaired) electrons. The second-order valence-electron chi connectivity index (χ2n) is 8.55. The number of likely N-dealkylation sites (tertiary alicyclic amines) is 1. The Morgan fingerprint density at radius 2 is 2.00 bits per heavy atom. The largest absolute Gasteiger partial charge is 0.488 e. The minimum Gasteiger partial charge on any atom is -0.488 e. The van der Waals surface area contributed by atoms with Crippen molar-refractivity contribution < 1.29 is 18.6 Å². The van der Waals surface area contributed by atoms with Crippen LogP contribution in [-0.4, -0.2) is 68.6 Å². The number of piperidine rings is 1. The summed E-state index contributed by atoms with van der Waals surface area (Å²) in [5, 5.41) is 3.34. The molecule has 0 bridgehead atoms. The van der Waals surface area contributed by atoms with Crippen LogP contribution in [0.15, 0.2) is 18.2 Å². The fraction of sp³-hybridized carbons (Fsp3) is 0.714. The second kappa shape index (κ2) is 7.32. The van der Waals surface area contributed by atoms with E-state index in [1.54, 1.807) is 12.1 Å². The first kappa shape index (κ1) is 17.9. The van der Waals surface area contributed by atoms with Gasteiger partial charge in [0, 0.05) is 31.1 Å². The van der Waals surface area contributed by atoms with E-state index in [1.807, 2.05) is 0 Å². The maximum atomic E-state index is 14.0. The molecule has 1 spiro atoms. The topological polar surface area (TPSA) is 43.0 Å². The van der Waals surface area contributed by atoms with E-state index in [-0.39, 0.29) is 17.5 Å². The second-order valence-corrected chi connectivity index (χ2v) is 8.55. The number of nitrogens with zero attached hydrogens (tertiary/aromatic N) is 1.